The van der Waals surface area contributed by atoms with Crippen molar-refractivity contribution in [3.8, 4) is 12.1 Å². The number of methoxy groups -OCH3 is 2. The zero-order valence-electron chi connectivity index (χ0n) is 69.8. The molecular weight excluding hydrogens is 1700 g/mol. The molecular formula is C78H152I2N4O16S6. The molecule has 0 rings (SSSR count). The summed E-state index contributed by atoms with van der Waals surface area (Å²) in [4.78, 5) is 66.5. The van der Waals surface area contributed by atoms with Gasteiger partial charge in [-0.3, -0.25) is 28.8 Å². The van der Waals surface area contributed by atoms with Gasteiger partial charge < -0.3 is 104 Å². The lowest BCUT2D eigenvalue weighted by molar-refractivity contribution is -0.870. The van der Waals surface area contributed by atoms with E-state index < -0.39 is 0 Å². The van der Waals surface area contributed by atoms with Crippen molar-refractivity contribution in [3.63, 3.8) is 0 Å². The number of thiocarbonyl (C=S) groups is 2. The molecule has 28 heteroatoms. The van der Waals surface area contributed by atoms with E-state index in [9.17, 15) is 28.8 Å². The quantitative estimate of drug-likeness (QED) is 0.0109. The molecule has 0 saturated heterocycles. The van der Waals surface area contributed by atoms with Crippen molar-refractivity contribution in [1.82, 2.24) is 0 Å². The van der Waals surface area contributed by atoms with Crippen LogP contribution in [0.15, 0.2) is 0 Å². The van der Waals surface area contributed by atoms with Gasteiger partial charge in [-0.2, -0.15) is 10.5 Å². The Morgan fingerprint density at radius 1 is 0.368 bits per heavy atom. The second-order valence-electron chi connectivity index (χ2n) is 28.4. The fraction of sp³-hybridized carbons (Fsp3) is 0.872. The number of quaternary nitrogens is 2. The lowest BCUT2D eigenvalue weighted by atomic mass is 10.1. The molecule has 0 amide bonds. The third-order valence-electron chi connectivity index (χ3n) is 14.2. The Morgan fingerprint density at radius 2 is 0.613 bits per heavy atom. The van der Waals surface area contributed by atoms with E-state index in [0.29, 0.717) is 105 Å². The van der Waals surface area contributed by atoms with Gasteiger partial charge in [-0.05, 0) is 63.9 Å². The minimum atomic E-state index is -0.301. The normalized spacial score (nSPS) is 11.1. The second-order valence-corrected chi connectivity index (χ2v) is 34.1. The van der Waals surface area contributed by atoms with Crippen molar-refractivity contribution in [1.29, 1.82) is 10.5 Å². The zero-order chi connectivity index (χ0) is 80.7. The fourth-order valence-electron chi connectivity index (χ4n) is 7.41. The summed E-state index contributed by atoms with van der Waals surface area (Å²) in [5, 5.41) is 17.2. The molecule has 0 aromatic carbocycles. The molecule has 0 spiro atoms. The van der Waals surface area contributed by atoms with Gasteiger partial charge in [0.1, 0.15) is 46.6 Å². The molecule has 0 aliphatic rings. The van der Waals surface area contributed by atoms with E-state index in [-0.39, 0.29) is 132 Å². The summed E-state index contributed by atoms with van der Waals surface area (Å²) in [6.45, 7) is 29.7. The molecule has 0 heterocycles. The average molecular weight is 1850 g/mol. The second kappa shape index (κ2) is 92.5. The SMILES string of the molecule is CC(C#N)CCC(=O)OCCCCOC(=O)CCC(C)C#N.CC(C)C(=O)OCC[N+](C)(C)C.CC(C)C(=O)OCC[N+](C)(C)C.CCCCCCCCCCCCSC(=S)S.CCCCCCCCCCCCSC(=S)S.COCCOCCOC(=O)C(C)C.COCCOCCOC(=O)C(C)C.[I-].[I-]. The van der Waals surface area contributed by atoms with Gasteiger partial charge in [-0.15, -0.1) is 48.8 Å². The molecule has 2 unspecified atom stereocenters. The number of ether oxygens (including phenoxy) is 10. The maximum Gasteiger partial charge on any atom is 0.308 e. The van der Waals surface area contributed by atoms with Gasteiger partial charge in [0.2, 0.25) is 0 Å². The van der Waals surface area contributed by atoms with Crippen LogP contribution in [0, 0.1) is 58.2 Å². The van der Waals surface area contributed by atoms with E-state index in [1.807, 2.05) is 27.7 Å². The van der Waals surface area contributed by atoms with Crippen LogP contribution in [0.5, 0.6) is 0 Å². The molecule has 0 saturated carbocycles. The van der Waals surface area contributed by atoms with Crippen LogP contribution >= 0.6 is 73.2 Å². The van der Waals surface area contributed by atoms with Crippen LogP contribution in [0.25, 0.3) is 0 Å². The first kappa shape index (κ1) is 123. The van der Waals surface area contributed by atoms with Crippen molar-refractivity contribution in [2.75, 3.05) is 160 Å². The fourth-order valence-corrected chi connectivity index (χ4v) is 9.51. The first-order chi connectivity index (χ1) is 49.0. The zero-order valence-corrected chi connectivity index (χ0v) is 79.1. The highest BCUT2D eigenvalue weighted by Crippen LogP contribution is 2.16. The predicted octanol–water partition coefficient (Wildman–Crippen LogP) is 11.9. The number of thiol groups is 2. The van der Waals surface area contributed by atoms with Gasteiger partial charge >= 0.3 is 35.8 Å². The Morgan fingerprint density at radius 3 is 0.840 bits per heavy atom. The minimum absolute atomic E-state index is 0. The number of carbonyl (C=O) groups excluding carboxylic acids is 6. The Balaban J connectivity index is -0.000000149. The number of hydrogen-bond donors (Lipinski definition) is 2. The number of likely N-dealkylation sites (N-methyl/N-ethyl adjacent to an activating group) is 2. The van der Waals surface area contributed by atoms with E-state index in [1.165, 1.54) is 128 Å². The van der Waals surface area contributed by atoms with Crippen LogP contribution in [0.3, 0.4) is 0 Å². The van der Waals surface area contributed by atoms with Crippen LogP contribution in [0.1, 0.15) is 250 Å². The molecule has 0 aliphatic carbocycles. The van der Waals surface area contributed by atoms with Crippen molar-refractivity contribution in [2.24, 2.45) is 35.5 Å². The van der Waals surface area contributed by atoms with Gasteiger partial charge in [0, 0.05) is 38.9 Å². The summed E-state index contributed by atoms with van der Waals surface area (Å²) in [7, 11) is 15.7. The van der Waals surface area contributed by atoms with E-state index in [2.05, 4.69) is 93.5 Å². The third kappa shape index (κ3) is 121. The average Bonchev–Trinajstić information content (AvgIpc) is 0.981. The minimum Gasteiger partial charge on any atom is -1.00 e. The summed E-state index contributed by atoms with van der Waals surface area (Å²) in [5.41, 5.74) is 0. The first-order valence-corrected chi connectivity index (χ1v) is 42.0. The van der Waals surface area contributed by atoms with Crippen LogP contribution in [-0.4, -0.2) is 212 Å². The highest BCUT2D eigenvalue weighted by atomic mass is 127. The van der Waals surface area contributed by atoms with Crippen molar-refractivity contribution in [2.45, 2.75) is 250 Å². The lowest BCUT2D eigenvalue weighted by Crippen LogP contribution is -3.00. The highest BCUT2D eigenvalue weighted by molar-refractivity contribution is 8.42. The van der Waals surface area contributed by atoms with Crippen LogP contribution in [0.2, 0.25) is 0 Å². The summed E-state index contributed by atoms with van der Waals surface area (Å²) in [6, 6.07) is 4.12. The summed E-state index contributed by atoms with van der Waals surface area (Å²) < 4.78 is 52.8. The standard InChI is InChI=1S/C16H24N2O4.2C13H26S3.2C9H20NO2.2C9H18O4.2HI/c1-13(11-17)5-7-15(19)21-9-3-4-10-22-16(20)8-6-14(2)12-18;2*1-2-3-4-5-6-7-8-9-10-11-12-16-13(14)15;2*1-8(2)9(11)12-7-6-10(3,4)5;2*1-8(2)9(10)13-7-6-12-5-4-11-3;;/h13-14H,3-10H2,1-2H3;2*2-12H2,1H3,(H,14,15);2*8H,6-7H2,1-5H3;2*8H,4-7H2,1-3H3;2*1H/q;;;2*+1;;;;/p-2. The Bertz CT molecular complexity index is 1980. The van der Waals surface area contributed by atoms with Gasteiger partial charge in [0.15, 0.2) is 0 Å². The summed E-state index contributed by atoms with van der Waals surface area (Å²) in [6.07, 6.45) is 30.7. The third-order valence-corrected chi connectivity index (χ3v) is 17.2. The summed E-state index contributed by atoms with van der Waals surface area (Å²) in [5.74, 6) is 0.656. The molecule has 106 heavy (non-hydrogen) atoms. The molecule has 0 aromatic heterocycles. The van der Waals surface area contributed by atoms with Crippen molar-refractivity contribution in [3.05, 3.63) is 0 Å². The van der Waals surface area contributed by atoms with Crippen LogP contribution in [-0.2, 0) is 76.1 Å². The maximum absolute atomic E-state index is 11.3. The number of carbonyl (C=O) groups is 6. The molecule has 0 bridgehead atoms. The molecule has 0 N–H and O–H groups in total. The Hall–Kier alpha value is -1.40. The topological polar surface area (TPSA) is 242 Å². The van der Waals surface area contributed by atoms with Gasteiger partial charge in [0.25, 0.3) is 0 Å². The molecule has 0 aliphatic heterocycles. The van der Waals surface area contributed by atoms with E-state index in [4.69, 9.17) is 82.3 Å². The Kier molecular flexibility index (Phi) is 107. The number of hydrogen-bond acceptors (Lipinski definition) is 22. The predicted molar refractivity (Wildman–Crippen MR) is 445 cm³/mol. The smallest absolute Gasteiger partial charge is 0.308 e. The van der Waals surface area contributed by atoms with Crippen molar-refractivity contribution < 1.29 is 133 Å². The summed E-state index contributed by atoms with van der Waals surface area (Å²) >= 11 is 21.4. The van der Waals surface area contributed by atoms with E-state index in [0.717, 1.165) is 40.6 Å². The van der Waals surface area contributed by atoms with E-state index in [1.54, 1.807) is 79.3 Å². The van der Waals surface area contributed by atoms with Crippen LogP contribution in [0.4, 0.5) is 0 Å². The van der Waals surface area contributed by atoms with Gasteiger partial charge in [-0.25, -0.2) is 0 Å². The van der Waals surface area contributed by atoms with E-state index >= 15 is 0 Å². The molecule has 630 valence electrons. The maximum atomic E-state index is 11.3. The molecule has 2 atom stereocenters. The first-order valence-electron chi connectivity index (χ1n) is 38.3. The molecule has 0 fully saturated rings. The van der Waals surface area contributed by atoms with Gasteiger partial charge in [0.05, 0.1) is 131 Å². The number of thioether (sulfide) groups is 2. The lowest BCUT2D eigenvalue weighted by Gasteiger charge is -2.23. The monoisotopic (exact) mass is 1850 g/mol. The number of unbranched alkanes of at least 4 members (excludes halogenated alkanes) is 19. The Labute approximate surface area is 711 Å². The van der Waals surface area contributed by atoms with Gasteiger partial charge in [-0.1, -0.05) is 209 Å². The number of esters is 6. The van der Waals surface area contributed by atoms with Crippen molar-refractivity contribution >= 4 is 116 Å². The molecule has 0 radical (unpaired) electrons. The highest BCUT2D eigenvalue weighted by Gasteiger charge is 2.15. The van der Waals surface area contributed by atoms with Crippen LogP contribution < -0.4 is 48.0 Å². The number of halogens is 2. The largest absolute Gasteiger partial charge is 1.00 e. The molecule has 20 nitrogen and oxygen atoms in total. The number of nitriles is 2. The molecule has 0 aromatic rings. The number of nitrogens with zero attached hydrogens (tertiary/aromatic N) is 4. The number of rotatable bonds is 55.